The van der Waals surface area contributed by atoms with Crippen LogP contribution in [0.15, 0.2) is 24.4 Å². The molecule has 0 atom stereocenters. The lowest BCUT2D eigenvalue weighted by molar-refractivity contribution is -0.137. The van der Waals surface area contributed by atoms with Crippen molar-refractivity contribution in [1.29, 1.82) is 0 Å². The second kappa shape index (κ2) is 4.56. The van der Waals surface area contributed by atoms with E-state index in [0.717, 1.165) is 12.1 Å². The van der Waals surface area contributed by atoms with E-state index in [0.29, 0.717) is 17.1 Å². The fraction of sp³-hybridized carbons (Fsp3) is 0.167. The molecule has 0 saturated heterocycles. The number of rotatable bonds is 3. The molecule has 0 fully saturated rings. The van der Waals surface area contributed by atoms with E-state index in [-0.39, 0.29) is 6.54 Å². The van der Waals surface area contributed by atoms with Gasteiger partial charge in [0.25, 0.3) is 0 Å². The molecule has 4 nitrogen and oxygen atoms in total. The zero-order chi connectivity index (χ0) is 13.3. The highest BCUT2D eigenvalue weighted by Gasteiger charge is 2.10. The molecule has 0 aliphatic heterocycles. The maximum absolute atomic E-state index is 13.1. The molecule has 0 bridgehead atoms. The molecule has 0 aliphatic rings. The molecule has 0 spiro atoms. The first-order valence-electron chi connectivity index (χ1n) is 5.18. The van der Waals surface area contributed by atoms with Crippen molar-refractivity contribution in [3.8, 4) is 11.3 Å². The largest absolute Gasteiger partial charge is 0.480 e. The van der Waals surface area contributed by atoms with Crippen LogP contribution < -0.4 is 0 Å². The van der Waals surface area contributed by atoms with E-state index < -0.39 is 17.6 Å². The summed E-state index contributed by atoms with van der Waals surface area (Å²) in [5.41, 5.74) is 0.814. The van der Waals surface area contributed by atoms with Crippen LogP contribution in [0.25, 0.3) is 11.3 Å². The van der Waals surface area contributed by atoms with E-state index in [1.165, 1.54) is 16.8 Å². The Kier molecular flexibility index (Phi) is 3.10. The number of carbonyl (C=O) groups is 1. The Hall–Kier alpha value is -2.24. The first kappa shape index (κ1) is 12.2. The van der Waals surface area contributed by atoms with E-state index in [9.17, 15) is 13.6 Å². The normalized spacial score (nSPS) is 10.6. The topological polar surface area (TPSA) is 55.1 Å². The number of aromatic nitrogens is 2. The molecule has 1 aromatic carbocycles. The summed E-state index contributed by atoms with van der Waals surface area (Å²) in [6, 6.07) is 3.43. The van der Waals surface area contributed by atoms with Gasteiger partial charge >= 0.3 is 5.97 Å². The number of halogens is 2. The summed E-state index contributed by atoms with van der Waals surface area (Å²) in [5, 5.41) is 8.69. The van der Waals surface area contributed by atoms with Crippen molar-refractivity contribution in [3.05, 3.63) is 41.9 Å². The summed E-state index contributed by atoms with van der Waals surface area (Å²) < 4.78 is 27.3. The molecule has 6 heteroatoms. The Morgan fingerprint density at radius 1 is 1.39 bits per heavy atom. The van der Waals surface area contributed by atoms with Gasteiger partial charge in [0.1, 0.15) is 12.4 Å². The maximum atomic E-state index is 13.1. The van der Waals surface area contributed by atoms with Crippen molar-refractivity contribution in [2.24, 2.45) is 0 Å². The quantitative estimate of drug-likeness (QED) is 0.911. The minimum absolute atomic E-state index is 0.220. The molecular weight excluding hydrogens is 242 g/mol. The summed E-state index contributed by atoms with van der Waals surface area (Å²) in [4.78, 5) is 14.7. The van der Waals surface area contributed by atoms with Crippen LogP contribution in [-0.4, -0.2) is 20.6 Å². The number of carboxylic acid groups (broad SMARTS) is 1. The van der Waals surface area contributed by atoms with Gasteiger partial charge in [-0.25, -0.2) is 13.8 Å². The summed E-state index contributed by atoms with van der Waals surface area (Å²) >= 11 is 0. The summed E-state index contributed by atoms with van der Waals surface area (Å²) in [7, 11) is 0. The lowest BCUT2D eigenvalue weighted by atomic mass is 10.1. The van der Waals surface area contributed by atoms with Crippen molar-refractivity contribution in [1.82, 2.24) is 9.55 Å². The van der Waals surface area contributed by atoms with Crippen LogP contribution in [0.1, 0.15) is 5.82 Å². The van der Waals surface area contributed by atoms with Crippen molar-refractivity contribution >= 4 is 5.97 Å². The Morgan fingerprint density at radius 3 is 2.72 bits per heavy atom. The van der Waals surface area contributed by atoms with E-state index in [1.807, 2.05) is 0 Å². The van der Waals surface area contributed by atoms with Gasteiger partial charge in [-0.1, -0.05) is 0 Å². The molecule has 0 radical (unpaired) electrons. The highest BCUT2D eigenvalue weighted by molar-refractivity contribution is 5.67. The molecule has 2 aromatic rings. The third-order valence-corrected chi connectivity index (χ3v) is 2.50. The summed E-state index contributed by atoms with van der Waals surface area (Å²) in [6.07, 6.45) is 1.50. The number of aliphatic carboxylic acids is 1. The van der Waals surface area contributed by atoms with Crippen molar-refractivity contribution in [2.45, 2.75) is 13.5 Å². The smallest absolute Gasteiger partial charge is 0.323 e. The van der Waals surface area contributed by atoms with Gasteiger partial charge in [0.2, 0.25) is 0 Å². The third-order valence-electron chi connectivity index (χ3n) is 2.50. The van der Waals surface area contributed by atoms with Gasteiger partial charge < -0.3 is 9.67 Å². The molecule has 2 rings (SSSR count). The molecule has 1 aromatic heterocycles. The zero-order valence-electron chi connectivity index (χ0n) is 9.52. The van der Waals surface area contributed by atoms with Crippen LogP contribution in [0.2, 0.25) is 0 Å². The van der Waals surface area contributed by atoms with E-state index in [1.54, 1.807) is 6.92 Å². The van der Waals surface area contributed by atoms with Crippen molar-refractivity contribution in [3.63, 3.8) is 0 Å². The van der Waals surface area contributed by atoms with E-state index in [2.05, 4.69) is 4.98 Å². The Morgan fingerprint density at radius 2 is 2.11 bits per heavy atom. The van der Waals surface area contributed by atoms with Crippen LogP contribution in [0.3, 0.4) is 0 Å². The van der Waals surface area contributed by atoms with E-state index in [4.69, 9.17) is 5.11 Å². The predicted octanol–water partition coefficient (Wildman–Crippen LogP) is 2.22. The van der Waals surface area contributed by atoms with Crippen LogP contribution in [0, 0.1) is 18.6 Å². The number of imidazole rings is 1. The Bertz CT molecular complexity index is 608. The van der Waals surface area contributed by atoms with Gasteiger partial charge in [-0.3, -0.25) is 4.79 Å². The Labute approximate surface area is 102 Å². The molecule has 0 saturated carbocycles. The second-order valence-corrected chi connectivity index (χ2v) is 3.82. The van der Waals surface area contributed by atoms with Crippen LogP contribution in [0.4, 0.5) is 8.78 Å². The van der Waals surface area contributed by atoms with Gasteiger partial charge in [-0.05, 0) is 25.1 Å². The highest BCUT2D eigenvalue weighted by Crippen LogP contribution is 2.20. The van der Waals surface area contributed by atoms with E-state index >= 15 is 0 Å². The zero-order valence-corrected chi connectivity index (χ0v) is 9.52. The number of carboxylic acids is 1. The van der Waals surface area contributed by atoms with Gasteiger partial charge in [0.05, 0.1) is 5.69 Å². The van der Waals surface area contributed by atoms with Crippen LogP contribution in [-0.2, 0) is 11.3 Å². The average molecular weight is 252 g/mol. The number of benzene rings is 1. The fourth-order valence-electron chi connectivity index (χ4n) is 1.61. The maximum Gasteiger partial charge on any atom is 0.323 e. The van der Waals surface area contributed by atoms with Gasteiger partial charge in [-0.15, -0.1) is 0 Å². The van der Waals surface area contributed by atoms with Crippen LogP contribution >= 0.6 is 0 Å². The molecule has 0 aliphatic carbocycles. The number of aryl methyl sites for hydroxylation is 1. The number of nitrogens with zero attached hydrogens (tertiary/aromatic N) is 2. The van der Waals surface area contributed by atoms with Gasteiger partial charge in [0, 0.05) is 11.8 Å². The lowest BCUT2D eigenvalue weighted by Gasteiger charge is -1.98. The summed E-state index contributed by atoms with van der Waals surface area (Å²) in [6.45, 7) is 1.43. The molecule has 1 N–H and O–H groups in total. The monoisotopic (exact) mass is 252 g/mol. The first-order chi connectivity index (χ1) is 8.47. The molecule has 0 unspecified atom stereocenters. The fourth-order valence-corrected chi connectivity index (χ4v) is 1.61. The minimum atomic E-state index is -0.993. The molecule has 0 amide bonds. The highest BCUT2D eigenvalue weighted by atomic mass is 19.2. The second-order valence-electron chi connectivity index (χ2n) is 3.82. The third kappa shape index (κ3) is 2.37. The minimum Gasteiger partial charge on any atom is -0.480 e. The molecule has 94 valence electrons. The molecular formula is C12H10F2N2O2. The first-order valence-corrected chi connectivity index (χ1v) is 5.18. The van der Waals surface area contributed by atoms with Gasteiger partial charge in [-0.2, -0.15) is 0 Å². The number of hydrogen-bond donors (Lipinski definition) is 1. The Balaban J connectivity index is 2.39. The summed E-state index contributed by atoms with van der Waals surface area (Å²) in [5.74, 6) is -2.39. The molecule has 18 heavy (non-hydrogen) atoms. The standard InChI is InChI=1S/C12H10F2N2O2/c1-7-15-11(5-16(7)6-12(17)18)8-2-3-9(13)10(14)4-8/h2-5H,6H2,1H3,(H,17,18). The SMILES string of the molecule is Cc1nc(-c2ccc(F)c(F)c2)cn1CC(=O)O. The van der Waals surface area contributed by atoms with Crippen molar-refractivity contribution < 1.29 is 18.7 Å². The van der Waals surface area contributed by atoms with Crippen molar-refractivity contribution in [2.75, 3.05) is 0 Å². The lowest BCUT2D eigenvalue weighted by Crippen LogP contribution is -2.08. The number of hydrogen-bond acceptors (Lipinski definition) is 2. The molecule has 1 heterocycles. The predicted molar refractivity (Wildman–Crippen MR) is 60.0 cm³/mol. The average Bonchev–Trinajstić information content (AvgIpc) is 2.63. The van der Waals surface area contributed by atoms with Gasteiger partial charge in [0.15, 0.2) is 11.6 Å². The van der Waals surface area contributed by atoms with Crippen LogP contribution in [0.5, 0.6) is 0 Å².